The molecular formula is C16H17N3O3S. The first kappa shape index (κ1) is 15.4. The van der Waals surface area contributed by atoms with E-state index in [0.717, 1.165) is 15.1 Å². The van der Waals surface area contributed by atoms with Crippen molar-refractivity contribution in [3.05, 3.63) is 63.6 Å². The number of nitrogens with two attached hydrogens (primary N) is 1. The second-order valence-corrected chi connectivity index (χ2v) is 7.48. The lowest BCUT2D eigenvalue weighted by molar-refractivity contribution is 0.586. The van der Waals surface area contributed by atoms with Crippen molar-refractivity contribution >= 4 is 26.7 Å². The molecule has 2 aromatic carbocycles. The molecule has 120 valence electrons. The second kappa shape index (κ2) is 5.27. The maximum Gasteiger partial charge on any atom is 0.340 e. The lowest BCUT2D eigenvalue weighted by atomic mass is 10.2. The Kier molecular flexibility index (Phi) is 3.52. The number of benzene rings is 2. The lowest BCUT2D eigenvalue weighted by Crippen LogP contribution is -2.26. The third kappa shape index (κ3) is 2.75. The number of nitrogens with zero attached hydrogens (tertiary/aromatic N) is 1. The van der Waals surface area contributed by atoms with Crippen molar-refractivity contribution in [1.82, 2.24) is 8.96 Å². The molecule has 0 spiro atoms. The fourth-order valence-corrected chi connectivity index (χ4v) is 4.09. The van der Waals surface area contributed by atoms with Gasteiger partial charge in [0.05, 0.1) is 16.8 Å². The first-order valence-electron chi connectivity index (χ1n) is 7.07. The van der Waals surface area contributed by atoms with E-state index in [4.69, 9.17) is 5.73 Å². The van der Waals surface area contributed by atoms with Gasteiger partial charge in [-0.3, -0.25) is 0 Å². The van der Waals surface area contributed by atoms with Crippen LogP contribution in [0.2, 0.25) is 0 Å². The number of rotatable bonds is 3. The molecule has 0 saturated carbocycles. The van der Waals surface area contributed by atoms with Crippen LogP contribution in [0.1, 0.15) is 16.7 Å². The summed E-state index contributed by atoms with van der Waals surface area (Å²) >= 11 is 0. The van der Waals surface area contributed by atoms with Crippen LogP contribution in [0.25, 0.3) is 11.0 Å². The van der Waals surface area contributed by atoms with Crippen molar-refractivity contribution in [2.24, 2.45) is 0 Å². The Balaban J connectivity index is 2.17. The van der Waals surface area contributed by atoms with Crippen LogP contribution in [0.3, 0.4) is 0 Å². The Labute approximate surface area is 133 Å². The molecule has 0 atom stereocenters. The smallest absolute Gasteiger partial charge is 0.340 e. The SMILES string of the molecule is Cc1cccc(CS(=O)(=O)n2c(=O)[nH]c3cc(C)c(N)cc32)c1. The molecule has 7 heteroatoms. The van der Waals surface area contributed by atoms with Gasteiger partial charge >= 0.3 is 5.69 Å². The van der Waals surface area contributed by atoms with Crippen LogP contribution in [0.15, 0.2) is 41.2 Å². The van der Waals surface area contributed by atoms with E-state index in [1.807, 2.05) is 13.0 Å². The highest BCUT2D eigenvalue weighted by atomic mass is 32.2. The molecule has 3 rings (SSSR count). The summed E-state index contributed by atoms with van der Waals surface area (Å²) in [6, 6.07) is 10.4. The number of nitrogen functional groups attached to an aromatic ring is 1. The molecule has 0 fully saturated rings. The number of anilines is 1. The predicted molar refractivity (Wildman–Crippen MR) is 90.9 cm³/mol. The number of aromatic nitrogens is 2. The molecule has 3 N–H and O–H groups in total. The number of aromatic amines is 1. The zero-order valence-electron chi connectivity index (χ0n) is 12.8. The van der Waals surface area contributed by atoms with Crippen LogP contribution in [0.4, 0.5) is 5.69 Å². The van der Waals surface area contributed by atoms with Crippen molar-refractivity contribution in [3.8, 4) is 0 Å². The Morgan fingerprint density at radius 2 is 1.91 bits per heavy atom. The molecule has 0 aliphatic carbocycles. The van der Waals surface area contributed by atoms with E-state index in [2.05, 4.69) is 4.98 Å². The fraction of sp³-hybridized carbons (Fsp3) is 0.188. The van der Waals surface area contributed by atoms with Gasteiger partial charge in [-0.15, -0.1) is 0 Å². The molecular weight excluding hydrogens is 314 g/mol. The van der Waals surface area contributed by atoms with Gasteiger partial charge in [0.25, 0.3) is 0 Å². The highest BCUT2D eigenvalue weighted by molar-refractivity contribution is 7.89. The van der Waals surface area contributed by atoms with Crippen LogP contribution < -0.4 is 11.4 Å². The van der Waals surface area contributed by atoms with E-state index >= 15 is 0 Å². The number of aryl methyl sites for hydroxylation is 2. The van der Waals surface area contributed by atoms with Gasteiger partial charge in [-0.2, -0.15) is 3.97 Å². The van der Waals surface area contributed by atoms with E-state index in [1.54, 1.807) is 31.2 Å². The molecule has 6 nitrogen and oxygen atoms in total. The van der Waals surface area contributed by atoms with Crippen LogP contribution in [0.5, 0.6) is 0 Å². The average molecular weight is 331 g/mol. The number of nitrogens with one attached hydrogen (secondary N) is 1. The van der Waals surface area contributed by atoms with Crippen LogP contribution in [0, 0.1) is 13.8 Å². The molecule has 23 heavy (non-hydrogen) atoms. The van der Waals surface area contributed by atoms with Gasteiger partial charge in [0.15, 0.2) is 0 Å². The maximum absolute atomic E-state index is 12.7. The van der Waals surface area contributed by atoms with Crippen molar-refractivity contribution in [3.63, 3.8) is 0 Å². The first-order chi connectivity index (χ1) is 10.8. The molecule has 3 aromatic rings. The Hall–Kier alpha value is -2.54. The quantitative estimate of drug-likeness (QED) is 0.716. The zero-order chi connectivity index (χ0) is 16.8. The zero-order valence-corrected chi connectivity index (χ0v) is 13.6. The van der Waals surface area contributed by atoms with Crippen LogP contribution in [-0.2, 0) is 15.8 Å². The summed E-state index contributed by atoms with van der Waals surface area (Å²) in [5.41, 5.74) is 8.71. The minimum absolute atomic E-state index is 0.255. The third-order valence-electron chi connectivity index (χ3n) is 3.74. The maximum atomic E-state index is 12.7. The molecule has 1 heterocycles. The van der Waals surface area contributed by atoms with Gasteiger partial charge in [0, 0.05) is 5.69 Å². The minimum atomic E-state index is -3.86. The normalized spacial score (nSPS) is 11.9. The number of imidazole rings is 1. The number of H-pyrrole nitrogens is 1. The molecule has 0 aliphatic rings. The largest absolute Gasteiger partial charge is 0.398 e. The minimum Gasteiger partial charge on any atom is -0.398 e. The van der Waals surface area contributed by atoms with E-state index in [0.29, 0.717) is 16.8 Å². The van der Waals surface area contributed by atoms with Crippen LogP contribution in [-0.4, -0.2) is 17.4 Å². The number of hydrogen-bond donors (Lipinski definition) is 2. The van der Waals surface area contributed by atoms with Gasteiger partial charge in [0.1, 0.15) is 0 Å². The molecule has 0 bridgehead atoms. The summed E-state index contributed by atoms with van der Waals surface area (Å²) in [6.45, 7) is 3.68. The molecule has 0 radical (unpaired) electrons. The van der Waals surface area contributed by atoms with E-state index in [1.165, 1.54) is 6.07 Å². The third-order valence-corrected chi connectivity index (χ3v) is 5.36. The lowest BCUT2D eigenvalue weighted by Gasteiger charge is -2.07. The van der Waals surface area contributed by atoms with Gasteiger partial charge in [0.2, 0.25) is 10.0 Å². The van der Waals surface area contributed by atoms with E-state index in [-0.39, 0.29) is 11.3 Å². The van der Waals surface area contributed by atoms with E-state index < -0.39 is 15.7 Å². The van der Waals surface area contributed by atoms with Gasteiger partial charge in [-0.05, 0) is 37.1 Å². The highest BCUT2D eigenvalue weighted by Crippen LogP contribution is 2.21. The van der Waals surface area contributed by atoms with Crippen molar-refractivity contribution in [1.29, 1.82) is 0 Å². The summed E-state index contributed by atoms with van der Waals surface area (Å²) < 4.78 is 26.2. The molecule has 1 aromatic heterocycles. The topological polar surface area (TPSA) is 98.0 Å². The first-order valence-corrected chi connectivity index (χ1v) is 8.68. The molecule has 0 saturated heterocycles. The molecule has 0 amide bonds. The molecule has 0 unspecified atom stereocenters. The Morgan fingerprint density at radius 1 is 1.17 bits per heavy atom. The Bertz CT molecular complexity index is 1060. The summed E-state index contributed by atoms with van der Waals surface area (Å²) in [5, 5.41) is 0. The number of fused-ring (bicyclic) bond motifs is 1. The van der Waals surface area contributed by atoms with E-state index in [9.17, 15) is 13.2 Å². The summed E-state index contributed by atoms with van der Waals surface area (Å²) in [6.07, 6.45) is 0. The molecule has 0 aliphatic heterocycles. The summed E-state index contributed by atoms with van der Waals surface area (Å²) in [7, 11) is -3.86. The Morgan fingerprint density at radius 3 is 2.61 bits per heavy atom. The second-order valence-electron chi connectivity index (χ2n) is 5.67. The standard InChI is InChI=1S/C16H17N3O3S/c1-10-4-3-5-12(6-10)9-23(21,22)19-15-8-13(17)11(2)7-14(15)18-16(19)20/h3-8H,9,17H2,1-2H3,(H,18,20). The van der Waals surface area contributed by atoms with Gasteiger partial charge in [-0.1, -0.05) is 29.8 Å². The predicted octanol–water partition coefficient (Wildman–Crippen LogP) is 1.91. The summed E-state index contributed by atoms with van der Waals surface area (Å²) in [4.78, 5) is 14.7. The fourth-order valence-electron chi connectivity index (χ4n) is 2.61. The van der Waals surface area contributed by atoms with Gasteiger partial charge in [-0.25, -0.2) is 13.2 Å². The summed E-state index contributed by atoms with van der Waals surface area (Å²) in [5.74, 6) is -0.255. The van der Waals surface area contributed by atoms with Gasteiger partial charge < -0.3 is 10.7 Å². The van der Waals surface area contributed by atoms with Crippen LogP contribution >= 0.6 is 0 Å². The average Bonchev–Trinajstić information content (AvgIpc) is 2.74. The van der Waals surface area contributed by atoms with Crippen molar-refractivity contribution < 1.29 is 8.42 Å². The van der Waals surface area contributed by atoms with Crippen molar-refractivity contribution in [2.75, 3.05) is 5.73 Å². The van der Waals surface area contributed by atoms with Crippen molar-refractivity contribution in [2.45, 2.75) is 19.6 Å². The highest BCUT2D eigenvalue weighted by Gasteiger charge is 2.21. The monoisotopic (exact) mass is 331 g/mol. The number of hydrogen-bond acceptors (Lipinski definition) is 4.